The summed E-state index contributed by atoms with van der Waals surface area (Å²) in [5.41, 5.74) is 1.58. The monoisotopic (exact) mass is 318 g/mol. The Morgan fingerprint density at radius 1 is 1.27 bits per heavy atom. The number of thiazole rings is 1. The van der Waals surface area contributed by atoms with E-state index in [2.05, 4.69) is 31.1 Å². The third-order valence-corrected chi connectivity index (χ3v) is 4.41. The van der Waals surface area contributed by atoms with Crippen molar-refractivity contribution in [3.8, 4) is 0 Å². The van der Waals surface area contributed by atoms with Crippen LogP contribution in [-0.4, -0.2) is 16.0 Å². The third-order valence-electron chi connectivity index (χ3n) is 3.38. The summed E-state index contributed by atoms with van der Waals surface area (Å²) in [5.74, 6) is -0.411. The average Bonchev–Trinajstić information content (AvgIpc) is 2.97. The van der Waals surface area contributed by atoms with E-state index in [4.69, 9.17) is 0 Å². The van der Waals surface area contributed by atoms with Gasteiger partial charge in [0.2, 0.25) is 0 Å². The molecule has 22 heavy (non-hydrogen) atoms. The van der Waals surface area contributed by atoms with Crippen LogP contribution >= 0.6 is 11.3 Å². The summed E-state index contributed by atoms with van der Waals surface area (Å²) in [6.45, 7) is 8.19. The number of carbonyl (C=O) groups excluding carboxylic acids is 1. The first kappa shape index (κ1) is 16.6. The summed E-state index contributed by atoms with van der Waals surface area (Å²) >= 11 is 1.53. The van der Waals surface area contributed by atoms with Crippen LogP contribution in [0.15, 0.2) is 35.7 Å². The molecule has 1 aromatic carbocycles. The standard InChI is InChI=1S/C17H22N2O2S/c1-11(16-19-13(10-22-16)17(2,3)4)18-15(21)14(20)12-8-6-5-7-9-12/h5-11,14,20H,1-4H3,(H,18,21). The summed E-state index contributed by atoms with van der Waals surface area (Å²) in [5, 5.41) is 15.8. The maximum atomic E-state index is 12.1. The van der Waals surface area contributed by atoms with Crippen molar-refractivity contribution in [1.29, 1.82) is 0 Å². The molecule has 2 unspecified atom stereocenters. The van der Waals surface area contributed by atoms with E-state index in [1.165, 1.54) is 11.3 Å². The predicted molar refractivity (Wildman–Crippen MR) is 88.8 cm³/mol. The summed E-state index contributed by atoms with van der Waals surface area (Å²) < 4.78 is 0. The highest BCUT2D eigenvalue weighted by Gasteiger charge is 2.23. The molecule has 2 N–H and O–H groups in total. The molecule has 0 fully saturated rings. The van der Waals surface area contributed by atoms with Crippen molar-refractivity contribution in [3.05, 3.63) is 52.0 Å². The minimum atomic E-state index is -1.16. The van der Waals surface area contributed by atoms with E-state index in [9.17, 15) is 9.90 Å². The van der Waals surface area contributed by atoms with E-state index < -0.39 is 12.0 Å². The van der Waals surface area contributed by atoms with Gasteiger partial charge in [0.25, 0.3) is 5.91 Å². The summed E-state index contributed by atoms with van der Waals surface area (Å²) in [6.07, 6.45) is -1.16. The minimum Gasteiger partial charge on any atom is -0.378 e. The van der Waals surface area contributed by atoms with Crippen molar-refractivity contribution in [2.24, 2.45) is 0 Å². The van der Waals surface area contributed by atoms with Gasteiger partial charge >= 0.3 is 0 Å². The Morgan fingerprint density at radius 2 is 1.91 bits per heavy atom. The van der Waals surface area contributed by atoms with Crippen molar-refractivity contribution in [2.75, 3.05) is 0 Å². The first-order valence-electron chi connectivity index (χ1n) is 7.28. The highest BCUT2D eigenvalue weighted by molar-refractivity contribution is 7.09. The molecule has 0 bridgehead atoms. The van der Waals surface area contributed by atoms with E-state index >= 15 is 0 Å². The smallest absolute Gasteiger partial charge is 0.254 e. The van der Waals surface area contributed by atoms with Crippen molar-refractivity contribution >= 4 is 17.2 Å². The van der Waals surface area contributed by atoms with Crippen LogP contribution in [0.5, 0.6) is 0 Å². The molecule has 0 aliphatic carbocycles. The molecule has 5 heteroatoms. The number of nitrogens with zero attached hydrogens (tertiary/aromatic N) is 1. The number of benzene rings is 1. The molecule has 2 atom stereocenters. The lowest BCUT2D eigenvalue weighted by Gasteiger charge is -2.17. The van der Waals surface area contributed by atoms with E-state index in [1.54, 1.807) is 24.3 Å². The van der Waals surface area contributed by atoms with Gasteiger partial charge in [0.05, 0.1) is 11.7 Å². The number of hydrogen-bond acceptors (Lipinski definition) is 4. The second-order valence-electron chi connectivity index (χ2n) is 6.36. The average molecular weight is 318 g/mol. The van der Waals surface area contributed by atoms with Crippen molar-refractivity contribution in [2.45, 2.75) is 45.3 Å². The van der Waals surface area contributed by atoms with Crippen LogP contribution in [0.1, 0.15) is 56.1 Å². The molecule has 0 radical (unpaired) electrons. The molecule has 0 saturated heterocycles. The van der Waals surface area contributed by atoms with Gasteiger partial charge in [-0.1, -0.05) is 51.1 Å². The van der Waals surface area contributed by atoms with E-state index in [1.807, 2.05) is 18.4 Å². The molecule has 0 saturated carbocycles. The molecular weight excluding hydrogens is 296 g/mol. The molecule has 1 amide bonds. The number of aromatic nitrogens is 1. The summed E-state index contributed by atoms with van der Waals surface area (Å²) in [7, 11) is 0. The SMILES string of the molecule is CC(NC(=O)C(O)c1ccccc1)c1nc(C(C)(C)C)cs1. The van der Waals surface area contributed by atoms with Crippen molar-refractivity contribution in [3.63, 3.8) is 0 Å². The Hall–Kier alpha value is -1.72. The van der Waals surface area contributed by atoms with Crippen LogP contribution in [-0.2, 0) is 10.2 Å². The maximum absolute atomic E-state index is 12.1. The summed E-state index contributed by atoms with van der Waals surface area (Å²) in [4.78, 5) is 16.7. The quantitative estimate of drug-likeness (QED) is 0.908. The number of amides is 1. The van der Waals surface area contributed by atoms with Crippen LogP contribution in [0, 0.1) is 0 Å². The fourth-order valence-corrected chi connectivity index (χ4v) is 3.02. The zero-order chi connectivity index (χ0) is 16.3. The van der Waals surface area contributed by atoms with Gasteiger partial charge in [0, 0.05) is 10.8 Å². The largest absolute Gasteiger partial charge is 0.378 e. The number of rotatable bonds is 4. The normalized spacial score (nSPS) is 14.4. The number of aliphatic hydroxyl groups excluding tert-OH is 1. The fourth-order valence-electron chi connectivity index (χ4n) is 1.97. The van der Waals surface area contributed by atoms with Gasteiger partial charge in [-0.2, -0.15) is 0 Å². The maximum Gasteiger partial charge on any atom is 0.254 e. The lowest BCUT2D eigenvalue weighted by Crippen LogP contribution is -2.31. The van der Waals surface area contributed by atoms with Crippen LogP contribution in [0.25, 0.3) is 0 Å². The molecule has 4 nitrogen and oxygen atoms in total. The second-order valence-corrected chi connectivity index (χ2v) is 7.25. The van der Waals surface area contributed by atoms with Crippen molar-refractivity contribution < 1.29 is 9.90 Å². The molecule has 0 aliphatic rings. The molecule has 2 rings (SSSR count). The summed E-state index contributed by atoms with van der Waals surface area (Å²) in [6, 6.07) is 8.68. The molecule has 1 aromatic heterocycles. The van der Waals surface area contributed by atoms with Gasteiger partial charge in [0.1, 0.15) is 5.01 Å². The number of hydrogen-bond donors (Lipinski definition) is 2. The van der Waals surface area contributed by atoms with Crippen LogP contribution in [0.2, 0.25) is 0 Å². The van der Waals surface area contributed by atoms with E-state index in [-0.39, 0.29) is 11.5 Å². The zero-order valence-corrected chi connectivity index (χ0v) is 14.1. The highest BCUT2D eigenvalue weighted by Crippen LogP contribution is 2.27. The van der Waals surface area contributed by atoms with Gasteiger partial charge in [-0.05, 0) is 12.5 Å². The van der Waals surface area contributed by atoms with Gasteiger partial charge in [-0.3, -0.25) is 4.79 Å². The Labute approximate surface area is 135 Å². The van der Waals surface area contributed by atoms with Crippen LogP contribution < -0.4 is 5.32 Å². The van der Waals surface area contributed by atoms with Crippen molar-refractivity contribution in [1.82, 2.24) is 10.3 Å². The first-order valence-corrected chi connectivity index (χ1v) is 8.16. The molecule has 0 spiro atoms. The molecular formula is C17H22N2O2S. The molecule has 0 aliphatic heterocycles. The van der Waals surface area contributed by atoms with E-state index in [0.29, 0.717) is 5.56 Å². The van der Waals surface area contributed by atoms with Gasteiger partial charge in [-0.25, -0.2) is 4.98 Å². The lowest BCUT2D eigenvalue weighted by molar-refractivity contribution is -0.130. The third kappa shape index (κ3) is 3.93. The van der Waals surface area contributed by atoms with E-state index in [0.717, 1.165) is 10.7 Å². The first-order chi connectivity index (χ1) is 10.3. The van der Waals surface area contributed by atoms with Gasteiger partial charge in [0.15, 0.2) is 6.10 Å². The predicted octanol–water partition coefficient (Wildman–Crippen LogP) is 3.35. The Balaban J connectivity index is 2.04. The topological polar surface area (TPSA) is 62.2 Å². The van der Waals surface area contributed by atoms with Gasteiger partial charge in [-0.15, -0.1) is 11.3 Å². The Morgan fingerprint density at radius 3 is 2.45 bits per heavy atom. The number of carbonyl (C=O) groups is 1. The van der Waals surface area contributed by atoms with Crippen LogP contribution in [0.3, 0.4) is 0 Å². The van der Waals surface area contributed by atoms with Gasteiger partial charge < -0.3 is 10.4 Å². The molecule has 2 aromatic rings. The Bertz CT molecular complexity index is 632. The second kappa shape index (κ2) is 6.58. The Kier molecular flexibility index (Phi) is 4.98. The minimum absolute atomic E-state index is 0.0119. The molecule has 118 valence electrons. The number of nitrogens with one attached hydrogen (secondary N) is 1. The zero-order valence-electron chi connectivity index (χ0n) is 13.3. The number of aliphatic hydroxyl groups is 1. The highest BCUT2D eigenvalue weighted by atomic mass is 32.1. The lowest BCUT2D eigenvalue weighted by atomic mass is 9.93. The van der Waals surface area contributed by atoms with Crippen LogP contribution in [0.4, 0.5) is 0 Å². The fraction of sp³-hybridized carbons (Fsp3) is 0.412. The molecule has 1 heterocycles.